The van der Waals surface area contributed by atoms with Crippen LogP contribution in [0.2, 0.25) is 0 Å². The van der Waals surface area contributed by atoms with Crippen LogP contribution in [0.3, 0.4) is 0 Å². The highest BCUT2D eigenvalue weighted by molar-refractivity contribution is 7.09. The van der Waals surface area contributed by atoms with E-state index in [9.17, 15) is 27.6 Å². The Hall–Kier alpha value is -2.63. The summed E-state index contributed by atoms with van der Waals surface area (Å²) in [6.45, 7) is 2.18. The lowest BCUT2D eigenvalue weighted by Crippen LogP contribution is -2.44. The standard InChI is InChI=1S/C24H32F3N5O3S/c25-24(26,27)22(34)29-18-9-13-32(14-18)21(33)19-15-36-20(30-19)17-7-11-31(12-8-17)23(35)28-10-6-16-4-2-1-3-5-16/h4,15,17-18H,1-3,5-14H2,(H,28,35)(H,29,34). The van der Waals surface area contributed by atoms with Crippen molar-refractivity contribution in [1.82, 2.24) is 25.4 Å². The van der Waals surface area contributed by atoms with E-state index in [4.69, 9.17) is 0 Å². The van der Waals surface area contributed by atoms with Gasteiger partial charge in [0.05, 0.1) is 5.01 Å². The van der Waals surface area contributed by atoms with Gasteiger partial charge in [-0.1, -0.05) is 11.6 Å². The quantitative estimate of drug-likeness (QED) is 0.550. The fourth-order valence-corrected chi connectivity index (χ4v) is 5.93. The summed E-state index contributed by atoms with van der Waals surface area (Å²) < 4.78 is 37.4. The molecule has 0 saturated carbocycles. The van der Waals surface area contributed by atoms with Crippen LogP contribution < -0.4 is 10.6 Å². The van der Waals surface area contributed by atoms with Gasteiger partial charge in [0.2, 0.25) is 0 Å². The summed E-state index contributed by atoms with van der Waals surface area (Å²) in [7, 11) is 0. The van der Waals surface area contributed by atoms with Gasteiger partial charge < -0.3 is 20.4 Å². The average Bonchev–Trinajstić information content (AvgIpc) is 3.54. The lowest BCUT2D eigenvalue weighted by molar-refractivity contribution is -0.174. The molecule has 2 N–H and O–H groups in total. The number of rotatable bonds is 6. The molecule has 12 heteroatoms. The number of amides is 4. The number of thiazole rings is 1. The van der Waals surface area contributed by atoms with Gasteiger partial charge in [-0.25, -0.2) is 9.78 Å². The van der Waals surface area contributed by atoms with E-state index in [0.717, 1.165) is 37.1 Å². The van der Waals surface area contributed by atoms with Crippen LogP contribution in [-0.2, 0) is 4.79 Å². The molecule has 0 spiro atoms. The number of urea groups is 1. The number of nitrogens with zero attached hydrogens (tertiary/aromatic N) is 3. The highest BCUT2D eigenvalue weighted by Gasteiger charge is 2.41. The molecule has 0 bridgehead atoms. The molecule has 0 radical (unpaired) electrons. The summed E-state index contributed by atoms with van der Waals surface area (Å²) in [5, 5.41) is 7.48. The van der Waals surface area contributed by atoms with Crippen molar-refractivity contribution in [3.8, 4) is 0 Å². The molecule has 36 heavy (non-hydrogen) atoms. The zero-order valence-corrected chi connectivity index (χ0v) is 20.9. The molecule has 8 nitrogen and oxygen atoms in total. The first kappa shape index (κ1) is 26.4. The highest BCUT2D eigenvalue weighted by atomic mass is 32.1. The molecule has 3 heterocycles. The Bertz CT molecular complexity index is 988. The number of allylic oxidation sites excluding steroid dienone is 1. The number of nitrogens with one attached hydrogen (secondary N) is 2. The van der Waals surface area contributed by atoms with Gasteiger partial charge in [0.1, 0.15) is 5.69 Å². The second kappa shape index (κ2) is 11.6. The van der Waals surface area contributed by atoms with E-state index >= 15 is 0 Å². The van der Waals surface area contributed by atoms with Crippen LogP contribution in [0.1, 0.15) is 72.8 Å². The monoisotopic (exact) mass is 527 g/mol. The predicted octanol–water partition coefficient (Wildman–Crippen LogP) is 3.82. The van der Waals surface area contributed by atoms with Crippen LogP contribution in [0.5, 0.6) is 0 Å². The molecule has 1 aliphatic carbocycles. The van der Waals surface area contributed by atoms with Crippen molar-refractivity contribution in [3.05, 3.63) is 27.7 Å². The first-order valence-corrected chi connectivity index (χ1v) is 13.4. The van der Waals surface area contributed by atoms with E-state index in [-0.39, 0.29) is 43.1 Å². The minimum absolute atomic E-state index is 0.0261. The van der Waals surface area contributed by atoms with Gasteiger partial charge in [0.25, 0.3) is 5.91 Å². The normalized spacial score (nSPS) is 21.3. The van der Waals surface area contributed by atoms with E-state index < -0.39 is 18.1 Å². The van der Waals surface area contributed by atoms with Crippen LogP contribution in [0.4, 0.5) is 18.0 Å². The van der Waals surface area contributed by atoms with Crippen LogP contribution in [0.25, 0.3) is 0 Å². The molecule has 2 saturated heterocycles. The van der Waals surface area contributed by atoms with Gasteiger partial charge in [0.15, 0.2) is 0 Å². The highest BCUT2D eigenvalue weighted by Crippen LogP contribution is 2.31. The van der Waals surface area contributed by atoms with Crippen LogP contribution in [0, 0.1) is 0 Å². The van der Waals surface area contributed by atoms with Crippen molar-refractivity contribution in [2.45, 2.75) is 69.5 Å². The largest absolute Gasteiger partial charge is 0.471 e. The maximum Gasteiger partial charge on any atom is 0.471 e. The molecule has 1 unspecified atom stereocenters. The molecule has 4 rings (SSSR count). The second-order valence-corrected chi connectivity index (χ2v) is 10.5. The predicted molar refractivity (Wildman–Crippen MR) is 129 cm³/mol. The summed E-state index contributed by atoms with van der Waals surface area (Å²) in [5.41, 5.74) is 1.71. The van der Waals surface area contributed by atoms with Crippen LogP contribution in [-0.4, -0.2) is 77.6 Å². The number of carbonyl (C=O) groups is 3. The minimum atomic E-state index is -4.94. The molecular weight excluding hydrogens is 495 g/mol. The molecule has 3 aliphatic rings. The van der Waals surface area contributed by atoms with Gasteiger partial charge in [-0.2, -0.15) is 13.2 Å². The fraction of sp³-hybridized carbons (Fsp3) is 0.667. The summed E-state index contributed by atoms with van der Waals surface area (Å²) in [4.78, 5) is 44.2. The zero-order chi connectivity index (χ0) is 25.7. The van der Waals surface area contributed by atoms with Crippen molar-refractivity contribution >= 4 is 29.2 Å². The number of alkyl halides is 3. The summed E-state index contributed by atoms with van der Waals surface area (Å²) >= 11 is 1.39. The molecular formula is C24H32F3N5O3S. The number of hydrogen-bond acceptors (Lipinski definition) is 5. The molecule has 0 aromatic carbocycles. The average molecular weight is 528 g/mol. The lowest BCUT2D eigenvalue weighted by Gasteiger charge is -2.31. The molecule has 1 atom stereocenters. The van der Waals surface area contributed by atoms with Crippen molar-refractivity contribution in [1.29, 1.82) is 0 Å². The van der Waals surface area contributed by atoms with E-state index in [1.54, 1.807) is 5.38 Å². The minimum Gasteiger partial charge on any atom is -0.344 e. The summed E-state index contributed by atoms with van der Waals surface area (Å²) in [5.74, 6) is -2.17. The summed E-state index contributed by atoms with van der Waals surface area (Å²) in [6.07, 6.45) is 4.80. The van der Waals surface area contributed by atoms with Gasteiger partial charge in [-0.05, 0) is 51.4 Å². The number of aromatic nitrogens is 1. The van der Waals surface area contributed by atoms with Crippen molar-refractivity contribution in [2.24, 2.45) is 0 Å². The number of carbonyl (C=O) groups excluding carboxylic acids is 3. The topological polar surface area (TPSA) is 94.6 Å². The third-order valence-electron chi connectivity index (χ3n) is 7.05. The van der Waals surface area contributed by atoms with Gasteiger partial charge in [-0.3, -0.25) is 9.59 Å². The first-order valence-electron chi connectivity index (χ1n) is 12.5. The maximum absolute atomic E-state index is 12.8. The molecule has 2 fully saturated rings. The Labute approximate surface area is 212 Å². The molecule has 1 aromatic heterocycles. The lowest BCUT2D eigenvalue weighted by atomic mass is 9.97. The van der Waals surface area contributed by atoms with Crippen LogP contribution >= 0.6 is 11.3 Å². The third kappa shape index (κ3) is 6.77. The number of piperidine rings is 1. The molecule has 1 aromatic rings. The number of halogens is 3. The van der Waals surface area contributed by atoms with Gasteiger partial charge >= 0.3 is 18.1 Å². The Balaban J connectivity index is 1.21. The van der Waals surface area contributed by atoms with Crippen molar-refractivity contribution in [2.75, 3.05) is 32.7 Å². The first-order chi connectivity index (χ1) is 17.2. The van der Waals surface area contributed by atoms with Gasteiger partial charge in [0, 0.05) is 50.1 Å². The maximum atomic E-state index is 12.8. The van der Waals surface area contributed by atoms with E-state index in [2.05, 4.69) is 16.4 Å². The smallest absolute Gasteiger partial charge is 0.344 e. The van der Waals surface area contributed by atoms with Crippen molar-refractivity contribution < 1.29 is 27.6 Å². The van der Waals surface area contributed by atoms with Crippen molar-refractivity contribution in [3.63, 3.8) is 0 Å². The molecule has 198 valence electrons. The Morgan fingerprint density at radius 3 is 2.53 bits per heavy atom. The third-order valence-corrected chi connectivity index (χ3v) is 8.06. The van der Waals surface area contributed by atoms with E-state index in [1.165, 1.54) is 34.7 Å². The zero-order valence-electron chi connectivity index (χ0n) is 20.1. The Morgan fingerprint density at radius 1 is 1.08 bits per heavy atom. The fourth-order valence-electron chi connectivity index (χ4n) is 4.97. The number of likely N-dealkylation sites (tertiary alicyclic amines) is 2. The Kier molecular flexibility index (Phi) is 8.53. The molecule has 2 aliphatic heterocycles. The molecule has 4 amide bonds. The SMILES string of the molecule is O=C(NCCC1=CCCCC1)N1CCC(c2nc(C(=O)N3CCC(NC(=O)C(F)(F)F)C3)cs2)CC1. The second-order valence-electron chi connectivity index (χ2n) is 9.63. The van der Waals surface area contributed by atoms with Gasteiger partial charge in [-0.15, -0.1) is 11.3 Å². The number of hydrogen-bond donors (Lipinski definition) is 2. The van der Waals surface area contributed by atoms with E-state index in [1.807, 2.05) is 10.2 Å². The Morgan fingerprint density at radius 2 is 1.83 bits per heavy atom. The summed E-state index contributed by atoms with van der Waals surface area (Å²) in [6, 6.07) is -0.767. The van der Waals surface area contributed by atoms with E-state index in [0.29, 0.717) is 19.6 Å². The van der Waals surface area contributed by atoms with Crippen LogP contribution in [0.15, 0.2) is 17.0 Å².